The first-order chi connectivity index (χ1) is 13.1. The van der Waals surface area contributed by atoms with Gasteiger partial charge in [-0.1, -0.05) is 48.0 Å². The molecule has 27 heavy (non-hydrogen) atoms. The molecule has 140 valence electrons. The molecule has 0 saturated carbocycles. The highest BCUT2D eigenvalue weighted by Crippen LogP contribution is 2.10. The summed E-state index contributed by atoms with van der Waals surface area (Å²) < 4.78 is 2.06. The molecule has 5 heteroatoms. The van der Waals surface area contributed by atoms with Gasteiger partial charge in [-0.05, 0) is 36.1 Å². The SMILES string of the molecule is CN=C(NCc1ccc(Cn2ccnc2)cc1)NCc1ccc(C)cc1C. The van der Waals surface area contributed by atoms with Crippen LogP contribution in [0.1, 0.15) is 27.8 Å². The lowest BCUT2D eigenvalue weighted by atomic mass is 10.1. The first-order valence-electron chi connectivity index (χ1n) is 9.18. The third-order valence-corrected chi connectivity index (χ3v) is 4.58. The van der Waals surface area contributed by atoms with Crippen LogP contribution >= 0.6 is 0 Å². The summed E-state index contributed by atoms with van der Waals surface area (Å²) in [5.41, 5.74) is 6.35. The molecule has 0 aliphatic heterocycles. The van der Waals surface area contributed by atoms with Crippen molar-refractivity contribution in [2.24, 2.45) is 4.99 Å². The summed E-state index contributed by atoms with van der Waals surface area (Å²) in [4.78, 5) is 8.39. The molecule has 1 aromatic heterocycles. The maximum Gasteiger partial charge on any atom is 0.191 e. The van der Waals surface area contributed by atoms with Gasteiger partial charge in [0.1, 0.15) is 0 Å². The van der Waals surface area contributed by atoms with Gasteiger partial charge in [-0.15, -0.1) is 0 Å². The van der Waals surface area contributed by atoms with Crippen LogP contribution in [0.3, 0.4) is 0 Å². The molecule has 0 aliphatic rings. The third kappa shape index (κ3) is 5.45. The Bertz CT molecular complexity index is 880. The average Bonchev–Trinajstić information content (AvgIpc) is 3.17. The van der Waals surface area contributed by atoms with E-state index >= 15 is 0 Å². The van der Waals surface area contributed by atoms with Crippen LogP contribution in [0.4, 0.5) is 0 Å². The fourth-order valence-corrected chi connectivity index (χ4v) is 2.98. The minimum atomic E-state index is 0.734. The van der Waals surface area contributed by atoms with E-state index in [0.29, 0.717) is 0 Å². The second-order valence-corrected chi connectivity index (χ2v) is 6.76. The standard InChI is InChI=1S/C22H27N5/c1-17-4-9-21(18(2)12-17)14-26-22(23-3)25-13-19-5-7-20(8-6-19)15-27-11-10-24-16-27/h4-12,16H,13-15H2,1-3H3,(H2,23,25,26). The lowest BCUT2D eigenvalue weighted by Gasteiger charge is -2.14. The number of aryl methyl sites for hydroxylation is 2. The molecule has 3 rings (SSSR count). The van der Waals surface area contributed by atoms with Gasteiger partial charge < -0.3 is 15.2 Å². The minimum Gasteiger partial charge on any atom is -0.352 e. The first kappa shape index (κ1) is 18.7. The van der Waals surface area contributed by atoms with Gasteiger partial charge in [-0.3, -0.25) is 4.99 Å². The van der Waals surface area contributed by atoms with Crippen LogP contribution in [0.15, 0.2) is 66.2 Å². The van der Waals surface area contributed by atoms with Gasteiger partial charge in [-0.2, -0.15) is 0 Å². The molecule has 2 N–H and O–H groups in total. The van der Waals surface area contributed by atoms with Crippen LogP contribution in [0.25, 0.3) is 0 Å². The topological polar surface area (TPSA) is 54.2 Å². The molecular formula is C22H27N5. The summed E-state index contributed by atoms with van der Waals surface area (Å²) in [6.45, 7) is 6.59. The molecular weight excluding hydrogens is 334 g/mol. The van der Waals surface area contributed by atoms with Gasteiger partial charge in [-0.25, -0.2) is 4.98 Å². The predicted molar refractivity (Wildman–Crippen MR) is 111 cm³/mol. The second-order valence-electron chi connectivity index (χ2n) is 6.76. The quantitative estimate of drug-likeness (QED) is 0.522. The number of nitrogens with one attached hydrogen (secondary N) is 2. The number of aliphatic imine (C=N–C) groups is 1. The van der Waals surface area contributed by atoms with Gasteiger partial charge in [0, 0.05) is 39.1 Å². The number of hydrogen-bond donors (Lipinski definition) is 2. The summed E-state index contributed by atoms with van der Waals surface area (Å²) in [7, 11) is 1.80. The molecule has 0 spiro atoms. The minimum absolute atomic E-state index is 0.734. The van der Waals surface area contributed by atoms with E-state index in [1.807, 2.05) is 12.5 Å². The van der Waals surface area contributed by atoms with Gasteiger partial charge in [0.25, 0.3) is 0 Å². The third-order valence-electron chi connectivity index (χ3n) is 4.58. The van der Waals surface area contributed by atoms with Crippen molar-refractivity contribution in [3.05, 3.63) is 89.0 Å². The van der Waals surface area contributed by atoms with Crippen LogP contribution < -0.4 is 10.6 Å². The summed E-state index contributed by atoms with van der Waals surface area (Å²) in [6.07, 6.45) is 5.61. The number of aromatic nitrogens is 2. The Balaban J connectivity index is 1.50. The van der Waals surface area contributed by atoms with E-state index in [0.717, 1.165) is 25.6 Å². The van der Waals surface area contributed by atoms with Gasteiger partial charge in [0.2, 0.25) is 0 Å². The largest absolute Gasteiger partial charge is 0.352 e. The van der Waals surface area contributed by atoms with E-state index in [2.05, 4.69) is 81.5 Å². The Kier molecular flexibility index (Phi) is 6.26. The molecule has 2 aromatic carbocycles. The summed E-state index contributed by atoms with van der Waals surface area (Å²) in [5, 5.41) is 6.76. The van der Waals surface area contributed by atoms with Crippen LogP contribution in [-0.4, -0.2) is 22.6 Å². The Labute approximate surface area is 161 Å². The normalized spacial score (nSPS) is 11.4. The molecule has 0 atom stereocenters. The number of benzene rings is 2. The number of nitrogens with zero attached hydrogens (tertiary/aromatic N) is 3. The zero-order chi connectivity index (χ0) is 19.1. The van der Waals surface area contributed by atoms with E-state index < -0.39 is 0 Å². The first-order valence-corrected chi connectivity index (χ1v) is 9.18. The number of guanidine groups is 1. The van der Waals surface area contributed by atoms with Crippen LogP contribution in [0, 0.1) is 13.8 Å². The molecule has 0 unspecified atom stereocenters. The van der Waals surface area contributed by atoms with Crippen molar-refractivity contribution < 1.29 is 0 Å². The maximum absolute atomic E-state index is 4.32. The van der Waals surface area contributed by atoms with E-state index in [-0.39, 0.29) is 0 Å². The Morgan fingerprint density at radius 3 is 2.41 bits per heavy atom. The molecule has 1 heterocycles. The average molecular weight is 361 g/mol. The van der Waals surface area contributed by atoms with Crippen molar-refractivity contribution >= 4 is 5.96 Å². The van der Waals surface area contributed by atoms with Gasteiger partial charge in [0.05, 0.1) is 6.33 Å². The Hall–Kier alpha value is -3.08. The molecule has 3 aromatic rings. The Morgan fingerprint density at radius 1 is 1.00 bits per heavy atom. The molecule has 0 bridgehead atoms. The highest BCUT2D eigenvalue weighted by molar-refractivity contribution is 5.79. The highest BCUT2D eigenvalue weighted by Gasteiger charge is 2.02. The lowest BCUT2D eigenvalue weighted by Crippen LogP contribution is -2.36. The predicted octanol–water partition coefficient (Wildman–Crippen LogP) is 3.41. The zero-order valence-corrected chi connectivity index (χ0v) is 16.2. The van der Waals surface area contributed by atoms with E-state index in [4.69, 9.17) is 0 Å². The van der Waals surface area contributed by atoms with Crippen molar-refractivity contribution in [2.75, 3.05) is 7.05 Å². The smallest absolute Gasteiger partial charge is 0.191 e. The number of rotatable bonds is 6. The van der Waals surface area contributed by atoms with Crippen LogP contribution in [-0.2, 0) is 19.6 Å². The van der Waals surface area contributed by atoms with Gasteiger partial charge in [0.15, 0.2) is 5.96 Å². The number of imidazole rings is 1. The number of hydrogen-bond acceptors (Lipinski definition) is 2. The monoisotopic (exact) mass is 361 g/mol. The molecule has 0 saturated heterocycles. The van der Waals surface area contributed by atoms with Crippen LogP contribution in [0.2, 0.25) is 0 Å². The van der Waals surface area contributed by atoms with Crippen molar-refractivity contribution in [3.8, 4) is 0 Å². The van der Waals surface area contributed by atoms with E-state index in [1.165, 1.54) is 27.8 Å². The molecule has 5 nitrogen and oxygen atoms in total. The van der Waals surface area contributed by atoms with Crippen molar-refractivity contribution in [2.45, 2.75) is 33.5 Å². The molecule has 0 fully saturated rings. The summed E-state index contributed by atoms with van der Waals surface area (Å²) >= 11 is 0. The van der Waals surface area contributed by atoms with Gasteiger partial charge >= 0.3 is 0 Å². The summed E-state index contributed by atoms with van der Waals surface area (Å²) in [6, 6.07) is 15.1. The fourth-order valence-electron chi connectivity index (χ4n) is 2.98. The Morgan fingerprint density at radius 2 is 1.74 bits per heavy atom. The van der Waals surface area contributed by atoms with Crippen molar-refractivity contribution in [1.82, 2.24) is 20.2 Å². The van der Waals surface area contributed by atoms with Crippen molar-refractivity contribution in [3.63, 3.8) is 0 Å². The maximum atomic E-state index is 4.32. The van der Waals surface area contributed by atoms with Crippen LogP contribution in [0.5, 0.6) is 0 Å². The van der Waals surface area contributed by atoms with E-state index in [1.54, 1.807) is 13.2 Å². The molecule has 0 amide bonds. The molecule has 0 aliphatic carbocycles. The lowest BCUT2D eigenvalue weighted by molar-refractivity contribution is 0.791. The zero-order valence-electron chi connectivity index (χ0n) is 16.2. The molecule has 0 radical (unpaired) electrons. The summed E-state index contributed by atoms with van der Waals surface area (Å²) in [5.74, 6) is 0.803. The van der Waals surface area contributed by atoms with E-state index in [9.17, 15) is 0 Å². The van der Waals surface area contributed by atoms with Crippen molar-refractivity contribution in [1.29, 1.82) is 0 Å². The highest BCUT2D eigenvalue weighted by atomic mass is 15.2. The fraction of sp³-hybridized carbons (Fsp3) is 0.273. The second kappa shape index (κ2) is 9.03.